The minimum absolute atomic E-state index is 0.228. The summed E-state index contributed by atoms with van der Waals surface area (Å²) in [5.41, 5.74) is 1.35. The standard InChI is InChI=1S/C27H37NO6S/c1-4-6-14-27(15-7-5-2)19-28(21-11-9-8-10-12-21)22-17-23(33-3)24(34-16-13-26(29)30)18-25(22)35(31,32)20-27/h8-13,16-18,31-32H,4-7,14-15,19-20H2,1-3H3,(H,29,30)/b16-13-. The van der Waals surface area contributed by atoms with Crippen molar-refractivity contribution in [2.45, 2.75) is 57.3 Å². The van der Waals surface area contributed by atoms with E-state index in [0.717, 1.165) is 56.6 Å². The molecule has 0 amide bonds. The molecule has 3 rings (SSSR count). The van der Waals surface area contributed by atoms with Gasteiger partial charge >= 0.3 is 5.97 Å². The van der Waals surface area contributed by atoms with Crippen molar-refractivity contribution in [3.63, 3.8) is 0 Å². The smallest absolute Gasteiger partial charge is 0.331 e. The van der Waals surface area contributed by atoms with E-state index in [4.69, 9.17) is 14.6 Å². The van der Waals surface area contributed by atoms with Crippen LogP contribution in [0.5, 0.6) is 11.5 Å². The first-order chi connectivity index (χ1) is 16.7. The van der Waals surface area contributed by atoms with E-state index < -0.39 is 16.6 Å². The van der Waals surface area contributed by atoms with Gasteiger partial charge in [0.15, 0.2) is 11.5 Å². The molecule has 1 heterocycles. The number of ether oxygens (including phenoxy) is 2. The van der Waals surface area contributed by atoms with E-state index in [9.17, 15) is 13.9 Å². The van der Waals surface area contributed by atoms with Crippen LogP contribution < -0.4 is 14.4 Å². The molecule has 0 fully saturated rings. The Hall–Kier alpha value is -2.68. The Balaban J connectivity index is 2.20. The van der Waals surface area contributed by atoms with Crippen LogP contribution in [-0.4, -0.2) is 39.6 Å². The van der Waals surface area contributed by atoms with Crippen molar-refractivity contribution >= 4 is 27.9 Å². The van der Waals surface area contributed by atoms with E-state index in [0.29, 0.717) is 22.9 Å². The van der Waals surface area contributed by atoms with Crippen molar-refractivity contribution in [3.05, 3.63) is 54.8 Å². The first kappa shape index (κ1) is 26.9. The molecule has 0 saturated heterocycles. The lowest BCUT2D eigenvalue weighted by Gasteiger charge is -2.42. The molecule has 0 aromatic heterocycles. The van der Waals surface area contributed by atoms with Gasteiger partial charge in [0.1, 0.15) is 0 Å². The van der Waals surface area contributed by atoms with E-state index in [2.05, 4.69) is 18.7 Å². The second-order valence-electron chi connectivity index (χ2n) is 9.17. The predicted octanol–water partition coefficient (Wildman–Crippen LogP) is 7.30. The minimum atomic E-state index is -3.19. The van der Waals surface area contributed by atoms with Crippen molar-refractivity contribution in [1.82, 2.24) is 0 Å². The Kier molecular flexibility index (Phi) is 9.10. The third-order valence-electron chi connectivity index (χ3n) is 6.48. The van der Waals surface area contributed by atoms with Gasteiger partial charge in [0.2, 0.25) is 0 Å². The van der Waals surface area contributed by atoms with Gasteiger partial charge in [0, 0.05) is 35.5 Å². The van der Waals surface area contributed by atoms with E-state index in [1.54, 1.807) is 12.1 Å². The number of rotatable bonds is 11. The number of carboxylic acid groups (broad SMARTS) is 1. The zero-order valence-corrected chi connectivity index (χ0v) is 21.6. The third kappa shape index (κ3) is 6.51. The summed E-state index contributed by atoms with van der Waals surface area (Å²) >= 11 is 0. The fourth-order valence-corrected chi connectivity index (χ4v) is 6.95. The van der Waals surface area contributed by atoms with Crippen LogP contribution in [0.4, 0.5) is 11.4 Å². The number of nitrogens with zero attached hydrogens (tertiary/aromatic N) is 1. The Bertz CT molecular complexity index is 1020. The van der Waals surface area contributed by atoms with Gasteiger partial charge in [-0.15, -0.1) is 0 Å². The largest absolute Gasteiger partial charge is 0.493 e. The van der Waals surface area contributed by atoms with Crippen LogP contribution in [0.2, 0.25) is 0 Å². The van der Waals surface area contributed by atoms with Gasteiger partial charge in [-0.3, -0.25) is 9.11 Å². The highest BCUT2D eigenvalue weighted by Gasteiger charge is 2.42. The first-order valence-corrected chi connectivity index (χ1v) is 13.8. The summed E-state index contributed by atoms with van der Waals surface area (Å²) in [6, 6.07) is 13.3. The van der Waals surface area contributed by atoms with Crippen LogP contribution >= 0.6 is 10.6 Å². The second kappa shape index (κ2) is 11.8. The molecule has 1 aliphatic heterocycles. The van der Waals surface area contributed by atoms with Crippen molar-refractivity contribution < 1.29 is 28.5 Å². The van der Waals surface area contributed by atoms with Gasteiger partial charge in [0.05, 0.1) is 30.0 Å². The molecule has 0 unspecified atom stereocenters. The number of benzene rings is 2. The van der Waals surface area contributed by atoms with Crippen LogP contribution in [0.3, 0.4) is 0 Å². The number of unbranched alkanes of at least 4 members (excludes halogenated alkanes) is 2. The number of methoxy groups -OCH3 is 1. The average Bonchev–Trinajstić information content (AvgIpc) is 2.93. The molecule has 3 N–H and O–H groups in total. The van der Waals surface area contributed by atoms with Gasteiger partial charge in [-0.25, -0.2) is 4.79 Å². The summed E-state index contributed by atoms with van der Waals surface area (Å²) < 4.78 is 34.3. The van der Waals surface area contributed by atoms with Crippen molar-refractivity contribution in [2.75, 3.05) is 24.3 Å². The highest BCUT2D eigenvalue weighted by molar-refractivity contribution is 8.24. The van der Waals surface area contributed by atoms with Crippen LogP contribution in [0.25, 0.3) is 0 Å². The van der Waals surface area contributed by atoms with E-state index in [1.165, 1.54) is 7.11 Å². The topological polar surface area (TPSA) is 99.5 Å². The molecule has 35 heavy (non-hydrogen) atoms. The Morgan fingerprint density at radius 1 is 1.09 bits per heavy atom. The summed E-state index contributed by atoms with van der Waals surface area (Å²) in [4.78, 5) is 13.4. The summed E-state index contributed by atoms with van der Waals surface area (Å²) in [6.45, 7) is 4.97. The third-order valence-corrected chi connectivity index (χ3v) is 8.53. The molecular weight excluding hydrogens is 466 g/mol. The number of aliphatic carboxylic acids is 1. The number of hydrogen-bond donors (Lipinski definition) is 3. The molecule has 0 atom stereocenters. The predicted molar refractivity (Wildman–Crippen MR) is 141 cm³/mol. The number of carboxylic acids is 1. The number of carbonyl (C=O) groups is 1. The van der Waals surface area contributed by atoms with Gasteiger partial charge in [-0.05, 0) is 25.0 Å². The van der Waals surface area contributed by atoms with Gasteiger partial charge in [-0.1, -0.05) is 57.7 Å². The van der Waals surface area contributed by atoms with E-state index >= 15 is 0 Å². The Morgan fingerprint density at radius 2 is 1.74 bits per heavy atom. The maximum atomic E-state index is 11.6. The lowest BCUT2D eigenvalue weighted by molar-refractivity contribution is -0.131. The lowest BCUT2D eigenvalue weighted by atomic mass is 9.79. The number of hydrogen-bond acceptors (Lipinski definition) is 6. The monoisotopic (exact) mass is 503 g/mol. The van der Waals surface area contributed by atoms with Crippen molar-refractivity contribution in [1.29, 1.82) is 0 Å². The van der Waals surface area contributed by atoms with Gasteiger partial charge in [0.25, 0.3) is 0 Å². The molecule has 7 nitrogen and oxygen atoms in total. The highest BCUT2D eigenvalue weighted by atomic mass is 32.3. The number of fused-ring (bicyclic) bond motifs is 1. The zero-order valence-electron chi connectivity index (χ0n) is 20.8. The second-order valence-corrected chi connectivity index (χ2v) is 11.2. The van der Waals surface area contributed by atoms with Crippen molar-refractivity contribution in [2.24, 2.45) is 5.41 Å². The fourth-order valence-electron chi connectivity index (χ4n) is 4.76. The molecule has 0 spiro atoms. The molecular formula is C27H37NO6S. The Morgan fingerprint density at radius 3 is 2.31 bits per heavy atom. The summed E-state index contributed by atoms with van der Waals surface area (Å²) in [6.07, 6.45) is 7.82. The van der Waals surface area contributed by atoms with Crippen LogP contribution in [-0.2, 0) is 4.79 Å². The van der Waals surface area contributed by atoms with Gasteiger partial charge in [-0.2, -0.15) is 10.6 Å². The summed E-state index contributed by atoms with van der Waals surface area (Å²) in [7, 11) is -1.69. The zero-order chi connectivity index (χ0) is 25.5. The lowest BCUT2D eigenvalue weighted by Crippen LogP contribution is -2.37. The normalized spacial score (nSPS) is 17.5. The van der Waals surface area contributed by atoms with Crippen molar-refractivity contribution in [3.8, 4) is 11.5 Å². The SMILES string of the molecule is CCCCC1(CCCC)CN(c2ccccc2)c2cc(OC)c(O/C=C\C(=O)O)cc2S(O)(O)C1. The maximum Gasteiger partial charge on any atom is 0.331 e. The van der Waals surface area contributed by atoms with Crippen LogP contribution in [0.1, 0.15) is 52.4 Å². The van der Waals surface area contributed by atoms with E-state index in [1.807, 2.05) is 30.3 Å². The quantitative estimate of drug-likeness (QED) is 0.218. The maximum absolute atomic E-state index is 11.6. The Labute approximate surface area is 209 Å². The summed E-state index contributed by atoms with van der Waals surface area (Å²) in [5.74, 6) is -0.265. The molecule has 0 saturated carbocycles. The molecule has 2 aromatic rings. The van der Waals surface area contributed by atoms with Gasteiger partial charge < -0.3 is 19.5 Å². The molecule has 0 aliphatic carbocycles. The fraction of sp³-hybridized carbons (Fsp3) is 0.444. The first-order valence-electron chi connectivity index (χ1n) is 12.1. The molecule has 1 aliphatic rings. The highest BCUT2D eigenvalue weighted by Crippen LogP contribution is 2.62. The molecule has 0 radical (unpaired) electrons. The number of anilines is 2. The molecule has 192 valence electrons. The average molecular weight is 504 g/mol. The molecule has 8 heteroatoms. The molecule has 0 bridgehead atoms. The molecule has 2 aromatic carbocycles. The minimum Gasteiger partial charge on any atom is -0.493 e. The van der Waals surface area contributed by atoms with Crippen LogP contribution in [0, 0.1) is 5.41 Å². The van der Waals surface area contributed by atoms with Crippen LogP contribution in [0.15, 0.2) is 59.7 Å². The number of para-hydroxylation sites is 1. The van der Waals surface area contributed by atoms with E-state index in [-0.39, 0.29) is 16.9 Å². The summed E-state index contributed by atoms with van der Waals surface area (Å²) in [5, 5.41) is 8.91.